The van der Waals surface area contributed by atoms with E-state index in [-0.39, 0.29) is 5.56 Å². The zero-order valence-corrected chi connectivity index (χ0v) is 14.4. The third-order valence-electron chi connectivity index (χ3n) is 3.84. The summed E-state index contributed by atoms with van der Waals surface area (Å²) in [4.78, 5) is 13.0. The van der Waals surface area contributed by atoms with Gasteiger partial charge in [0.1, 0.15) is 22.6 Å². The average Bonchev–Trinajstić information content (AvgIpc) is 2.94. The smallest absolute Gasteiger partial charge is 0.284 e. The topological polar surface area (TPSA) is 48.0 Å². The molecule has 2 aliphatic heterocycles. The third-order valence-corrected chi connectivity index (χ3v) is 4.65. The molecule has 24 heavy (non-hydrogen) atoms. The summed E-state index contributed by atoms with van der Waals surface area (Å²) in [7, 11) is 0. The van der Waals surface area contributed by atoms with Crippen molar-refractivity contribution in [3.8, 4) is 16.9 Å². The standard InChI is InChI=1S/C18H13ClN2O2S/c1-24-10-15-16-17(13-4-2-3-5-14(13)23-15)20-21(18(16)22)12-8-6-11(19)7-9-12/h2-9H,10H2,1H3. The lowest BCUT2D eigenvalue weighted by molar-refractivity contribution is 0.563. The minimum atomic E-state index is -0.175. The summed E-state index contributed by atoms with van der Waals surface area (Å²) in [5.41, 5.74) is 2.44. The number of halogens is 1. The molecule has 0 atom stereocenters. The number of hydrogen-bond acceptors (Lipinski definition) is 4. The molecule has 0 N–H and O–H groups in total. The number of thioether (sulfide) groups is 1. The van der Waals surface area contributed by atoms with Gasteiger partial charge in [0.2, 0.25) is 0 Å². The quantitative estimate of drug-likeness (QED) is 0.538. The first-order valence-electron chi connectivity index (χ1n) is 7.37. The van der Waals surface area contributed by atoms with E-state index in [1.165, 1.54) is 4.68 Å². The fraction of sp³-hybridized carbons (Fsp3) is 0.111. The van der Waals surface area contributed by atoms with Gasteiger partial charge in [0.15, 0.2) is 0 Å². The van der Waals surface area contributed by atoms with Crippen LogP contribution in [0.25, 0.3) is 27.9 Å². The van der Waals surface area contributed by atoms with Gasteiger partial charge in [0, 0.05) is 10.4 Å². The lowest BCUT2D eigenvalue weighted by Gasteiger charge is -2.07. The molecule has 0 unspecified atom stereocenters. The van der Waals surface area contributed by atoms with Gasteiger partial charge in [0.05, 0.1) is 11.4 Å². The van der Waals surface area contributed by atoms with Gasteiger partial charge in [-0.15, -0.1) is 0 Å². The fourth-order valence-corrected chi connectivity index (χ4v) is 3.36. The summed E-state index contributed by atoms with van der Waals surface area (Å²) in [6.07, 6.45) is 1.98. The zero-order chi connectivity index (χ0) is 16.7. The molecule has 4 nitrogen and oxygen atoms in total. The highest BCUT2D eigenvalue weighted by molar-refractivity contribution is 7.97. The van der Waals surface area contributed by atoms with Gasteiger partial charge < -0.3 is 4.42 Å². The monoisotopic (exact) mass is 356 g/mol. The highest BCUT2D eigenvalue weighted by Crippen LogP contribution is 2.33. The maximum absolute atomic E-state index is 13.0. The minimum absolute atomic E-state index is 0.175. The lowest BCUT2D eigenvalue weighted by atomic mass is 10.1. The predicted octanol–water partition coefficient (Wildman–Crippen LogP) is 4.60. The Morgan fingerprint density at radius 1 is 1.17 bits per heavy atom. The Labute approximate surface area is 147 Å². The fourth-order valence-electron chi connectivity index (χ4n) is 2.77. The van der Waals surface area contributed by atoms with E-state index < -0.39 is 0 Å². The molecular formula is C18H13ClN2O2S. The molecule has 0 fully saturated rings. The first-order valence-corrected chi connectivity index (χ1v) is 9.14. The molecule has 6 heteroatoms. The van der Waals surface area contributed by atoms with Crippen LogP contribution in [-0.2, 0) is 5.75 Å². The van der Waals surface area contributed by atoms with Gasteiger partial charge in [-0.2, -0.15) is 21.5 Å². The maximum atomic E-state index is 13.0. The van der Waals surface area contributed by atoms with Crippen LogP contribution in [0.4, 0.5) is 0 Å². The Morgan fingerprint density at radius 3 is 2.67 bits per heavy atom. The summed E-state index contributed by atoms with van der Waals surface area (Å²) in [5.74, 6) is 1.27. The highest BCUT2D eigenvalue weighted by Gasteiger charge is 2.24. The van der Waals surface area contributed by atoms with E-state index >= 15 is 0 Å². The lowest BCUT2D eigenvalue weighted by Crippen LogP contribution is -2.15. The summed E-state index contributed by atoms with van der Waals surface area (Å²) in [6.45, 7) is 0. The van der Waals surface area contributed by atoms with Gasteiger partial charge in [-0.3, -0.25) is 4.79 Å². The van der Waals surface area contributed by atoms with E-state index in [2.05, 4.69) is 5.10 Å². The molecule has 0 saturated heterocycles. The second kappa shape index (κ2) is 6.00. The number of aromatic nitrogens is 2. The van der Waals surface area contributed by atoms with Crippen LogP contribution >= 0.6 is 23.4 Å². The number of benzene rings is 2. The first kappa shape index (κ1) is 15.3. The van der Waals surface area contributed by atoms with E-state index in [1.807, 2.05) is 30.5 Å². The van der Waals surface area contributed by atoms with Crippen LogP contribution in [-0.4, -0.2) is 16.0 Å². The molecule has 2 aromatic rings. The molecule has 0 saturated carbocycles. The second-order valence-corrected chi connectivity index (χ2v) is 6.67. The summed E-state index contributed by atoms with van der Waals surface area (Å²) in [6, 6.07) is 14.7. The molecule has 0 aliphatic carbocycles. The van der Waals surface area contributed by atoms with E-state index in [1.54, 1.807) is 36.0 Å². The summed E-state index contributed by atoms with van der Waals surface area (Å²) in [5, 5.41) is 6.03. The zero-order valence-electron chi connectivity index (χ0n) is 12.8. The van der Waals surface area contributed by atoms with Crippen LogP contribution in [0, 0.1) is 0 Å². The maximum Gasteiger partial charge on any atom is 0.284 e. The Bertz CT molecular complexity index is 1050. The third kappa shape index (κ3) is 2.41. The van der Waals surface area contributed by atoms with Crippen LogP contribution in [0.1, 0.15) is 5.76 Å². The Hall–Kier alpha value is -2.24. The Morgan fingerprint density at radius 2 is 1.92 bits per heavy atom. The number of fused-ring (bicyclic) bond motifs is 3. The first-order chi connectivity index (χ1) is 11.7. The number of para-hydroxylation sites is 1. The molecule has 0 spiro atoms. The minimum Gasteiger partial charge on any atom is -0.459 e. The van der Waals surface area contributed by atoms with Crippen molar-refractivity contribution in [3.05, 3.63) is 69.7 Å². The Balaban J connectivity index is 2.07. The SMILES string of the molecule is CSCc1oc2ccccc2c2nn(-c3ccc(Cl)cc3)c(=O)c1-2. The van der Waals surface area contributed by atoms with Crippen molar-refractivity contribution in [2.45, 2.75) is 5.75 Å². The largest absolute Gasteiger partial charge is 0.459 e. The van der Waals surface area contributed by atoms with Crippen molar-refractivity contribution in [2.24, 2.45) is 0 Å². The molecule has 2 aromatic carbocycles. The molecule has 0 aromatic heterocycles. The average molecular weight is 357 g/mol. The molecule has 0 bridgehead atoms. The van der Waals surface area contributed by atoms with Crippen molar-refractivity contribution in [3.63, 3.8) is 0 Å². The normalized spacial score (nSPS) is 11.4. The van der Waals surface area contributed by atoms with E-state index in [0.717, 1.165) is 11.0 Å². The second-order valence-electron chi connectivity index (χ2n) is 5.37. The van der Waals surface area contributed by atoms with Gasteiger partial charge in [-0.05, 0) is 42.7 Å². The van der Waals surface area contributed by atoms with Crippen molar-refractivity contribution < 1.29 is 4.42 Å². The molecular weight excluding hydrogens is 344 g/mol. The number of rotatable bonds is 3. The molecule has 2 aliphatic rings. The molecule has 2 heterocycles. The van der Waals surface area contributed by atoms with Gasteiger partial charge in [0.25, 0.3) is 5.56 Å². The number of hydrogen-bond donors (Lipinski definition) is 0. The molecule has 120 valence electrons. The van der Waals surface area contributed by atoms with E-state index in [0.29, 0.717) is 33.5 Å². The van der Waals surface area contributed by atoms with Crippen molar-refractivity contribution in [2.75, 3.05) is 6.26 Å². The summed E-state index contributed by atoms with van der Waals surface area (Å²) >= 11 is 7.54. The van der Waals surface area contributed by atoms with E-state index in [4.69, 9.17) is 16.0 Å². The van der Waals surface area contributed by atoms with Crippen LogP contribution in [0.15, 0.2) is 57.7 Å². The van der Waals surface area contributed by atoms with Gasteiger partial charge in [-0.1, -0.05) is 23.7 Å². The predicted molar refractivity (Wildman–Crippen MR) is 98.5 cm³/mol. The Kier molecular flexibility index (Phi) is 3.82. The molecule has 4 rings (SSSR count). The highest BCUT2D eigenvalue weighted by atomic mass is 35.5. The number of nitrogens with zero attached hydrogens (tertiary/aromatic N) is 2. The van der Waals surface area contributed by atoms with Gasteiger partial charge >= 0.3 is 0 Å². The van der Waals surface area contributed by atoms with Crippen molar-refractivity contribution >= 4 is 34.3 Å². The van der Waals surface area contributed by atoms with Crippen molar-refractivity contribution in [1.82, 2.24) is 9.78 Å². The molecule has 0 amide bonds. The van der Waals surface area contributed by atoms with Crippen LogP contribution in [0.3, 0.4) is 0 Å². The van der Waals surface area contributed by atoms with Crippen molar-refractivity contribution in [1.29, 1.82) is 0 Å². The van der Waals surface area contributed by atoms with Gasteiger partial charge in [-0.25, -0.2) is 0 Å². The molecule has 0 radical (unpaired) electrons. The van der Waals surface area contributed by atoms with Crippen LogP contribution < -0.4 is 5.56 Å². The van der Waals surface area contributed by atoms with E-state index in [9.17, 15) is 4.79 Å². The summed E-state index contributed by atoms with van der Waals surface area (Å²) < 4.78 is 7.38. The van der Waals surface area contributed by atoms with Crippen LogP contribution in [0.2, 0.25) is 5.02 Å². The van der Waals surface area contributed by atoms with Crippen LogP contribution in [0.5, 0.6) is 0 Å².